The Kier molecular flexibility index (Phi) is 5.92. The van der Waals surface area contributed by atoms with Gasteiger partial charge in [-0.15, -0.1) is 0 Å². The van der Waals surface area contributed by atoms with E-state index >= 15 is 0 Å². The van der Waals surface area contributed by atoms with Crippen molar-refractivity contribution in [3.63, 3.8) is 0 Å². The lowest BCUT2D eigenvalue weighted by atomic mass is 9.79. The summed E-state index contributed by atoms with van der Waals surface area (Å²) >= 11 is 0. The fraction of sp³-hybridized carbons (Fsp3) is 0.923. The molecule has 3 unspecified atom stereocenters. The van der Waals surface area contributed by atoms with Crippen molar-refractivity contribution in [3.8, 4) is 0 Å². The van der Waals surface area contributed by atoms with E-state index in [1.165, 1.54) is 0 Å². The maximum absolute atomic E-state index is 12.0. The molecule has 1 saturated carbocycles. The zero-order valence-electron chi connectivity index (χ0n) is 11.4. The topological polar surface area (TPSA) is 58.4 Å². The smallest absolute Gasteiger partial charge is 0.224 e. The van der Waals surface area contributed by atoms with Gasteiger partial charge in [0.2, 0.25) is 5.91 Å². The Morgan fingerprint density at radius 3 is 2.76 bits per heavy atom. The molecule has 0 aliphatic heterocycles. The first-order valence-electron chi connectivity index (χ1n) is 6.68. The van der Waals surface area contributed by atoms with Gasteiger partial charge in [0.05, 0.1) is 5.92 Å². The molecule has 0 aromatic rings. The lowest BCUT2D eigenvalue weighted by molar-refractivity contribution is -0.126. The Balaban J connectivity index is 2.26. The molecule has 4 nitrogen and oxygen atoms in total. The van der Waals surface area contributed by atoms with Crippen LogP contribution in [0.5, 0.6) is 0 Å². The maximum Gasteiger partial charge on any atom is 0.224 e. The fourth-order valence-electron chi connectivity index (χ4n) is 2.44. The zero-order valence-corrected chi connectivity index (χ0v) is 11.4. The van der Waals surface area contributed by atoms with Gasteiger partial charge in [0.25, 0.3) is 0 Å². The molecule has 1 rings (SSSR count). The number of nitrogens with zero attached hydrogens (tertiary/aromatic N) is 1. The Morgan fingerprint density at radius 1 is 1.41 bits per heavy atom. The molecule has 1 aliphatic rings. The number of carbonyl (C=O) groups is 1. The maximum atomic E-state index is 12.0. The quantitative estimate of drug-likeness (QED) is 0.701. The Morgan fingerprint density at radius 2 is 2.12 bits per heavy atom. The van der Waals surface area contributed by atoms with Crippen molar-refractivity contribution < 1.29 is 4.79 Å². The van der Waals surface area contributed by atoms with E-state index in [9.17, 15) is 4.79 Å². The third-order valence-electron chi connectivity index (χ3n) is 3.58. The Labute approximate surface area is 105 Å². The van der Waals surface area contributed by atoms with Crippen molar-refractivity contribution in [3.05, 3.63) is 0 Å². The number of nitrogens with one attached hydrogen (secondary N) is 1. The molecule has 0 aromatic carbocycles. The van der Waals surface area contributed by atoms with Gasteiger partial charge in [0.15, 0.2) is 0 Å². The molecule has 0 spiro atoms. The first kappa shape index (κ1) is 14.5. The number of amides is 1. The van der Waals surface area contributed by atoms with Gasteiger partial charge in [-0.3, -0.25) is 4.79 Å². The van der Waals surface area contributed by atoms with Gasteiger partial charge in [-0.2, -0.15) is 0 Å². The van der Waals surface area contributed by atoms with Crippen LogP contribution < -0.4 is 11.1 Å². The summed E-state index contributed by atoms with van der Waals surface area (Å²) in [5.74, 6) is 0.813. The average Bonchev–Trinajstić information content (AvgIpc) is 2.27. The summed E-state index contributed by atoms with van der Waals surface area (Å²) in [6.45, 7) is 3.97. The summed E-state index contributed by atoms with van der Waals surface area (Å²) in [6.07, 6.45) is 4.08. The molecule has 0 bridgehead atoms. The summed E-state index contributed by atoms with van der Waals surface area (Å²) in [4.78, 5) is 14.1. The molecular weight excluding hydrogens is 214 g/mol. The van der Waals surface area contributed by atoms with Crippen LogP contribution in [0.15, 0.2) is 0 Å². The zero-order chi connectivity index (χ0) is 12.8. The van der Waals surface area contributed by atoms with Crippen molar-refractivity contribution in [2.75, 3.05) is 27.2 Å². The van der Waals surface area contributed by atoms with Gasteiger partial charge in [-0.1, -0.05) is 6.92 Å². The van der Waals surface area contributed by atoms with Gasteiger partial charge < -0.3 is 16.0 Å². The van der Waals surface area contributed by atoms with E-state index in [0.29, 0.717) is 5.92 Å². The van der Waals surface area contributed by atoms with E-state index in [0.717, 1.165) is 38.8 Å². The SMILES string of the molecule is CC1CCC(N)C(C(=O)NCCCN(C)C)C1. The van der Waals surface area contributed by atoms with Crippen LogP contribution in [0, 0.1) is 11.8 Å². The summed E-state index contributed by atoms with van der Waals surface area (Å²) in [7, 11) is 4.08. The molecule has 3 N–H and O–H groups in total. The van der Waals surface area contributed by atoms with Crippen molar-refractivity contribution in [2.24, 2.45) is 17.6 Å². The highest BCUT2D eigenvalue weighted by Gasteiger charge is 2.31. The molecule has 0 saturated heterocycles. The Hall–Kier alpha value is -0.610. The number of rotatable bonds is 5. The van der Waals surface area contributed by atoms with E-state index in [-0.39, 0.29) is 17.9 Å². The second kappa shape index (κ2) is 6.97. The minimum Gasteiger partial charge on any atom is -0.356 e. The second-order valence-corrected chi connectivity index (χ2v) is 5.64. The van der Waals surface area contributed by atoms with Crippen molar-refractivity contribution in [1.29, 1.82) is 0 Å². The van der Waals surface area contributed by atoms with Gasteiger partial charge >= 0.3 is 0 Å². The predicted octanol–water partition coefficient (Wildman–Crippen LogP) is 0.818. The van der Waals surface area contributed by atoms with Gasteiger partial charge in [-0.05, 0) is 52.2 Å². The van der Waals surface area contributed by atoms with Gasteiger partial charge in [0.1, 0.15) is 0 Å². The highest BCUT2D eigenvalue weighted by atomic mass is 16.1. The van der Waals surface area contributed by atoms with Crippen LogP contribution in [0.3, 0.4) is 0 Å². The first-order chi connectivity index (χ1) is 8.00. The normalized spacial score (nSPS) is 29.4. The summed E-state index contributed by atoms with van der Waals surface area (Å²) < 4.78 is 0. The van der Waals surface area contributed by atoms with Crippen molar-refractivity contribution in [2.45, 2.75) is 38.6 Å². The minimum atomic E-state index is 0.0260. The average molecular weight is 241 g/mol. The number of nitrogens with two attached hydrogens (primary N) is 1. The van der Waals surface area contributed by atoms with Crippen LogP contribution in [0.2, 0.25) is 0 Å². The summed E-state index contributed by atoms with van der Waals surface area (Å²) in [5, 5.41) is 3.01. The molecule has 1 amide bonds. The van der Waals surface area contributed by atoms with E-state index < -0.39 is 0 Å². The molecule has 1 fully saturated rings. The minimum absolute atomic E-state index is 0.0260. The number of carbonyl (C=O) groups excluding carboxylic acids is 1. The van der Waals surface area contributed by atoms with E-state index in [1.54, 1.807) is 0 Å². The van der Waals surface area contributed by atoms with Crippen LogP contribution >= 0.6 is 0 Å². The Bertz CT molecular complexity index is 243. The molecule has 0 aromatic heterocycles. The molecule has 17 heavy (non-hydrogen) atoms. The first-order valence-corrected chi connectivity index (χ1v) is 6.68. The number of hydrogen-bond donors (Lipinski definition) is 2. The van der Waals surface area contributed by atoms with Crippen molar-refractivity contribution in [1.82, 2.24) is 10.2 Å². The standard InChI is InChI=1S/C13H27N3O/c1-10-5-6-12(14)11(9-10)13(17)15-7-4-8-16(2)3/h10-12H,4-9,14H2,1-3H3,(H,15,17). The molecule has 1 aliphatic carbocycles. The summed E-state index contributed by atoms with van der Waals surface area (Å²) in [5.41, 5.74) is 6.03. The van der Waals surface area contributed by atoms with Crippen LogP contribution in [-0.4, -0.2) is 44.0 Å². The highest BCUT2D eigenvalue weighted by molar-refractivity contribution is 5.79. The second-order valence-electron chi connectivity index (χ2n) is 5.64. The van der Waals surface area contributed by atoms with Crippen LogP contribution in [0.1, 0.15) is 32.6 Å². The van der Waals surface area contributed by atoms with Gasteiger partial charge in [-0.25, -0.2) is 0 Å². The lowest BCUT2D eigenvalue weighted by Crippen LogP contribution is -2.45. The highest BCUT2D eigenvalue weighted by Crippen LogP contribution is 2.27. The molecule has 0 heterocycles. The summed E-state index contributed by atoms with van der Waals surface area (Å²) in [6, 6.07) is 0.0556. The fourth-order valence-corrected chi connectivity index (χ4v) is 2.44. The van der Waals surface area contributed by atoms with Crippen molar-refractivity contribution >= 4 is 5.91 Å². The third kappa shape index (κ3) is 5.04. The lowest BCUT2D eigenvalue weighted by Gasteiger charge is -2.31. The van der Waals surface area contributed by atoms with Gasteiger partial charge in [0, 0.05) is 12.6 Å². The largest absolute Gasteiger partial charge is 0.356 e. The van der Waals surface area contributed by atoms with Crippen LogP contribution in [0.4, 0.5) is 0 Å². The molecule has 3 atom stereocenters. The predicted molar refractivity (Wildman–Crippen MR) is 70.7 cm³/mol. The van der Waals surface area contributed by atoms with E-state index in [1.807, 2.05) is 14.1 Å². The van der Waals surface area contributed by atoms with E-state index in [4.69, 9.17) is 5.73 Å². The van der Waals surface area contributed by atoms with Crippen LogP contribution in [-0.2, 0) is 4.79 Å². The number of hydrogen-bond acceptors (Lipinski definition) is 3. The monoisotopic (exact) mass is 241 g/mol. The van der Waals surface area contributed by atoms with Crippen LogP contribution in [0.25, 0.3) is 0 Å². The third-order valence-corrected chi connectivity index (χ3v) is 3.58. The molecule has 100 valence electrons. The molecular formula is C13H27N3O. The van der Waals surface area contributed by atoms with E-state index in [2.05, 4.69) is 17.1 Å². The molecule has 0 radical (unpaired) electrons. The molecule has 4 heteroatoms.